The molecule has 2 N–H and O–H groups in total. The van der Waals surface area contributed by atoms with Crippen LogP contribution in [0.3, 0.4) is 0 Å². The van der Waals surface area contributed by atoms with Crippen LogP contribution in [0.25, 0.3) is 22.0 Å². The normalized spacial score (nSPS) is 14.0. The number of aromatic nitrogens is 1. The van der Waals surface area contributed by atoms with Crippen molar-refractivity contribution in [1.82, 2.24) is 19.5 Å². The average molecular weight is 830 g/mol. The van der Waals surface area contributed by atoms with E-state index in [1.807, 2.05) is 85.9 Å². The molecule has 1 amide bonds. The number of carbonyl (C=O) groups is 1. The number of thioether (sulfide) groups is 1. The van der Waals surface area contributed by atoms with Gasteiger partial charge in [0.25, 0.3) is 21.6 Å². The molecule has 14 heteroatoms. The van der Waals surface area contributed by atoms with E-state index in [2.05, 4.69) is 61.2 Å². The van der Waals surface area contributed by atoms with Crippen LogP contribution in [0.1, 0.15) is 22.3 Å². The summed E-state index contributed by atoms with van der Waals surface area (Å²) in [6.07, 6.45) is 2.65. The third kappa shape index (κ3) is 10.6. The smallest absolute Gasteiger partial charge is 0.293 e. The van der Waals surface area contributed by atoms with Crippen molar-refractivity contribution in [3.8, 4) is 11.1 Å². The predicted octanol–water partition coefficient (Wildman–Crippen LogP) is 7.78. The van der Waals surface area contributed by atoms with Gasteiger partial charge in [0.1, 0.15) is 5.69 Å². The lowest BCUT2D eigenvalue weighted by molar-refractivity contribution is -0.384. The van der Waals surface area contributed by atoms with Crippen molar-refractivity contribution in [3.63, 3.8) is 0 Å². The summed E-state index contributed by atoms with van der Waals surface area (Å²) in [5.74, 6) is -0.186. The first-order chi connectivity index (χ1) is 28.5. The van der Waals surface area contributed by atoms with Gasteiger partial charge in [-0.1, -0.05) is 60.7 Å². The molecular weight excluding hydrogens is 783 g/mol. The van der Waals surface area contributed by atoms with Crippen molar-refractivity contribution in [2.24, 2.45) is 0 Å². The molecule has 2 heterocycles. The van der Waals surface area contributed by atoms with Crippen molar-refractivity contribution < 1.29 is 18.1 Å². The van der Waals surface area contributed by atoms with E-state index in [0.717, 1.165) is 72.4 Å². The summed E-state index contributed by atoms with van der Waals surface area (Å²) in [5.41, 5.74) is 5.37. The number of para-hydroxylation sites is 1. The van der Waals surface area contributed by atoms with E-state index in [0.29, 0.717) is 12.2 Å². The fraction of sp³-hybridized carbons (Fsp3) is 0.244. The number of benzene rings is 5. The van der Waals surface area contributed by atoms with Crippen LogP contribution in [0.5, 0.6) is 0 Å². The van der Waals surface area contributed by atoms with E-state index in [-0.39, 0.29) is 22.2 Å². The number of piperazine rings is 1. The number of nitrogens with zero attached hydrogens (tertiary/aromatic N) is 5. The van der Waals surface area contributed by atoms with Crippen LogP contribution in [-0.4, -0.2) is 92.6 Å². The van der Waals surface area contributed by atoms with Gasteiger partial charge in [0.2, 0.25) is 0 Å². The lowest BCUT2D eigenvalue weighted by atomic mass is 9.99. The minimum Gasteiger partial charge on any atom is -0.376 e. The number of nitro benzene ring substituents is 1. The van der Waals surface area contributed by atoms with Gasteiger partial charge in [0.05, 0.1) is 15.3 Å². The van der Waals surface area contributed by atoms with Crippen molar-refractivity contribution in [2.75, 3.05) is 62.8 Å². The van der Waals surface area contributed by atoms with Crippen LogP contribution in [-0.2, 0) is 16.6 Å². The standard InChI is InChI=1S/C45H47N7O5S2/c1-49(2)23-22-37(32-58-39-12-4-3-5-13-39)47-43-21-20-40(29-44(43)52(54)55)59(56,57)48-45(53)33-16-18-38(19-17-33)51-26-24-50(25-27-51)31-35-11-6-8-14-41(35)36-28-34-10-7-9-15-42(34)46-30-36/h3-21,28-30,37,47H,22-27,31-32H2,1-2H3,(H,48,53)/t37-/m1/s1. The summed E-state index contributed by atoms with van der Waals surface area (Å²) in [6.45, 7) is 4.80. The number of fused-ring (bicyclic) bond motifs is 1. The highest BCUT2D eigenvalue weighted by molar-refractivity contribution is 7.99. The number of carbonyl (C=O) groups excluding carboxylic acids is 1. The zero-order valence-electron chi connectivity index (χ0n) is 33.0. The van der Waals surface area contributed by atoms with E-state index in [1.165, 1.54) is 23.3 Å². The van der Waals surface area contributed by atoms with Crippen molar-refractivity contribution in [3.05, 3.63) is 155 Å². The Balaban J connectivity index is 0.956. The number of sulfonamides is 1. The van der Waals surface area contributed by atoms with Gasteiger partial charge in [0, 0.05) is 83.9 Å². The van der Waals surface area contributed by atoms with E-state index in [1.54, 1.807) is 23.9 Å². The molecule has 1 aliphatic rings. The summed E-state index contributed by atoms with van der Waals surface area (Å²) in [4.78, 5) is 36.9. The van der Waals surface area contributed by atoms with Gasteiger partial charge < -0.3 is 15.1 Å². The van der Waals surface area contributed by atoms with Gasteiger partial charge in [-0.15, -0.1) is 11.8 Å². The van der Waals surface area contributed by atoms with Crippen LogP contribution in [0, 0.1) is 10.1 Å². The molecule has 1 aromatic heterocycles. The monoisotopic (exact) mass is 829 g/mol. The Bertz CT molecular complexity index is 2510. The van der Waals surface area contributed by atoms with Crippen molar-refractivity contribution in [1.29, 1.82) is 0 Å². The molecule has 6 aromatic rings. The molecule has 5 aromatic carbocycles. The maximum Gasteiger partial charge on any atom is 0.293 e. The molecular formula is C45H47N7O5S2. The molecule has 0 unspecified atom stereocenters. The maximum atomic E-state index is 13.4. The molecule has 0 aliphatic carbocycles. The Kier molecular flexibility index (Phi) is 13.2. The van der Waals surface area contributed by atoms with Crippen LogP contribution in [0.15, 0.2) is 143 Å². The summed E-state index contributed by atoms with van der Waals surface area (Å²) < 4.78 is 28.9. The number of pyridine rings is 1. The highest BCUT2D eigenvalue weighted by Crippen LogP contribution is 2.31. The molecule has 304 valence electrons. The predicted molar refractivity (Wildman–Crippen MR) is 237 cm³/mol. The second-order valence-electron chi connectivity index (χ2n) is 14.8. The Morgan fingerprint density at radius 1 is 0.881 bits per heavy atom. The summed E-state index contributed by atoms with van der Waals surface area (Å²) in [7, 11) is -0.511. The number of hydrogen-bond acceptors (Lipinski definition) is 11. The highest BCUT2D eigenvalue weighted by atomic mass is 32.2. The number of rotatable bonds is 16. The molecule has 0 spiro atoms. The largest absolute Gasteiger partial charge is 0.376 e. The van der Waals surface area contributed by atoms with Crippen molar-refractivity contribution >= 4 is 55.7 Å². The third-order valence-corrected chi connectivity index (χ3v) is 12.9. The van der Waals surface area contributed by atoms with Gasteiger partial charge in [-0.3, -0.25) is 24.8 Å². The summed E-state index contributed by atoms with van der Waals surface area (Å²) in [6, 6.07) is 39.0. The van der Waals surface area contributed by atoms with E-state index in [4.69, 9.17) is 0 Å². The minimum atomic E-state index is -4.43. The van der Waals surface area contributed by atoms with Gasteiger partial charge in [0.15, 0.2) is 0 Å². The first kappa shape index (κ1) is 41.4. The fourth-order valence-corrected chi connectivity index (χ4v) is 9.11. The average Bonchev–Trinajstić information content (AvgIpc) is 3.25. The molecule has 59 heavy (non-hydrogen) atoms. The van der Waals surface area contributed by atoms with Gasteiger partial charge in [-0.2, -0.15) is 0 Å². The number of anilines is 2. The Morgan fingerprint density at radius 3 is 2.34 bits per heavy atom. The number of nitro groups is 1. The Hall–Kier alpha value is -5.80. The molecule has 1 aliphatic heterocycles. The SMILES string of the molecule is CN(C)CC[C@H](CSc1ccccc1)Nc1ccc(S(=O)(=O)NC(=O)c2ccc(N3CCN(Cc4ccccc4-c4cnc5ccccc5c4)CC3)cc2)cc1[N+](=O)[O-]. The molecule has 0 bridgehead atoms. The first-order valence-electron chi connectivity index (χ1n) is 19.5. The molecule has 7 rings (SSSR count). The maximum absolute atomic E-state index is 13.4. The van der Waals surface area contributed by atoms with Gasteiger partial charge in [-0.25, -0.2) is 13.1 Å². The molecule has 0 saturated carbocycles. The molecule has 12 nitrogen and oxygen atoms in total. The highest BCUT2D eigenvalue weighted by Gasteiger charge is 2.26. The van der Waals surface area contributed by atoms with E-state index < -0.39 is 26.5 Å². The zero-order chi connectivity index (χ0) is 41.4. The van der Waals surface area contributed by atoms with Crippen LogP contribution >= 0.6 is 11.8 Å². The molecule has 1 saturated heterocycles. The van der Waals surface area contributed by atoms with E-state index >= 15 is 0 Å². The van der Waals surface area contributed by atoms with Crippen LogP contribution < -0.4 is 14.9 Å². The quantitative estimate of drug-likeness (QED) is 0.0562. The zero-order valence-corrected chi connectivity index (χ0v) is 34.7. The summed E-state index contributed by atoms with van der Waals surface area (Å²) in [5, 5.41) is 16.6. The lowest BCUT2D eigenvalue weighted by Gasteiger charge is -2.36. The number of hydrogen-bond donors (Lipinski definition) is 2. The lowest BCUT2D eigenvalue weighted by Crippen LogP contribution is -2.46. The first-order valence-corrected chi connectivity index (χ1v) is 21.9. The van der Waals surface area contributed by atoms with Crippen molar-refractivity contribution in [2.45, 2.75) is 28.8 Å². The number of nitrogens with one attached hydrogen (secondary N) is 2. The molecule has 0 radical (unpaired) electrons. The molecule has 1 fully saturated rings. The molecule has 1 atom stereocenters. The van der Waals surface area contributed by atoms with Gasteiger partial charge >= 0.3 is 0 Å². The minimum absolute atomic E-state index is 0.141. The second-order valence-corrected chi connectivity index (χ2v) is 17.6. The van der Waals surface area contributed by atoms with Crippen LogP contribution in [0.2, 0.25) is 0 Å². The third-order valence-electron chi connectivity index (χ3n) is 10.4. The van der Waals surface area contributed by atoms with E-state index in [9.17, 15) is 23.3 Å². The fourth-order valence-electron chi connectivity index (χ4n) is 7.12. The Morgan fingerprint density at radius 2 is 1.59 bits per heavy atom. The van der Waals surface area contributed by atoms with Crippen LogP contribution in [0.4, 0.5) is 17.1 Å². The second kappa shape index (κ2) is 18.9. The topological polar surface area (TPSA) is 141 Å². The Labute approximate surface area is 349 Å². The number of amides is 1. The summed E-state index contributed by atoms with van der Waals surface area (Å²) >= 11 is 1.63. The van der Waals surface area contributed by atoms with Gasteiger partial charge in [-0.05, 0) is 98.9 Å².